The first kappa shape index (κ1) is 15.2. The van der Waals surface area contributed by atoms with E-state index in [2.05, 4.69) is 28.1 Å². The van der Waals surface area contributed by atoms with E-state index < -0.39 is 15.9 Å². The van der Waals surface area contributed by atoms with Gasteiger partial charge in [0.15, 0.2) is 9.84 Å². The molecule has 0 unspecified atom stereocenters. The van der Waals surface area contributed by atoms with Gasteiger partial charge in [-0.1, -0.05) is 18.2 Å². The third-order valence-electron chi connectivity index (χ3n) is 5.28. The number of aliphatic hydroxyl groups is 1. The van der Waals surface area contributed by atoms with E-state index in [0.717, 1.165) is 25.9 Å². The number of piperidine rings is 1. The smallest absolute Gasteiger partial charge is 0.154 e. The topological polar surface area (TPSA) is 73.4 Å². The Kier molecular flexibility index (Phi) is 3.70. The van der Waals surface area contributed by atoms with E-state index in [1.165, 1.54) is 16.6 Å². The largest absolute Gasteiger partial charge is 0.390 e. The van der Waals surface area contributed by atoms with Crippen molar-refractivity contribution in [2.24, 2.45) is 0 Å². The highest BCUT2D eigenvalue weighted by atomic mass is 32.2. The van der Waals surface area contributed by atoms with Gasteiger partial charge in [0, 0.05) is 17.1 Å². The second-order valence-electron chi connectivity index (χ2n) is 6.83. The zero-order valence-corrected chi connectivity index (χ0v) is 13.8. The quantitative estimate of drug-likeness (QED) is 0.873. The maximum atomic E-state index is 11.7. The first-order valence-corrected chi connectivity index (χ1v) is 10.0. The molecule has 1 aromatic heterocycles. The van der Waals surface area contributed by atoms with E-state index in [4.69, 9.17) is 0 Å². The molecule has 23 heavy (non-hydrogen) atoms. The summed E-state index contributed by atoms with van der Waals surface area (Å²) in [4.78, 5) is 5.67. The van der Waals surface area contributed by atoms with Gasteiger partial charge in [0.05, 0.1) is 23.7 Å². The minimum absolute atomic E-state index is 0.0837. The molecule has 0 spiro atoms. The van der Waals surface area contributed by atoms with Crippen LogP contribution < -0.4 is 0 Å². The Morgan fingerprint density at radius 1 is 1.13 bits per heavy atom. The molecule has 2 fully saturated rings. The Morgan fingerprint density at radius 3 is 2.52 bits per heavy atom. The number of fused-ring (bicyclic) bond motifs is 1. The minimum Gasteiger partial charge on any atom is -0.390 e. The van der Waals surface area contributed by atoms with Crippen LogP contribution in [0.15, 0.2) is 30.3 Å². The lowest BCUT2D eigenvalue weighted by Crippen LogP contribution is -2.46. The van der Waals surface area contributed by atoms with Gasteiger partial charge in [-0.3, -0.25) is 4.90 Å². The van der Waals surface area contributed by atoms with Crippen molar-refractivity contribution in [2.45, 2.75) is 30.9 Å². The van der Waals surface area contributed by atoms with Crippen LogP contribution in [0.4, 0.5) is 0 Å². The molecule has 0 bridgehead atoms. The Hall–Kier alpha value is -1.37. The summed E-state index contributed by atoms with van der Waals surface area (Å²) in [6, 6.07) is 10.3. The summed E-state index contributed by atoms with van der Waals surface area (Å²) in [6.07, 6.45) is 1.26. The molecule has 5 nitrogen and oxygen atoms in total. The number of aromatic nitrogens is 1. The number of aliphatic hydroxyl groups excluding tert-OH is 1. The van der Waals surface area contributed by atoms with Crippen LogP contribution in [0.2, 0.25) is 0 Å². The molecule has 2 aromatic rings. The molecule has 3 heterocycles. The average molecular weight is 334 g/mol. The summed E-state index contributed by atoms with van der Waals surface area (Å²) in [5, 5.41) is 11.3. The van der Waals surface area contributed by atoms with E-state index >= 15 is 0 Å². The van der Waals surface area contributed by atoms with Gasteiger partial charge in [-0.2, -0.15) is 0 Å². The van der Waals surface area contributed by atoms with E-state index in [9.17, 15) is 13.5 Å². The molecule has 2 aliphatic heterocycles. The minimum atomic E-state index is -3.07. The zero-order valence-electron chi connectivity index (χ0n) is 13.0. The lowest BCUT2D eigenvalue weighted by atomic mass is 9.92. The predicted molar refractivity (Wildman–Crippen MR) is 90.3 cm³/mol. The summed E-state index contributed by atoms with van der Waals surface area (Å²) in [7, 11) is -3.07. The van der Waals surface area contributed by atoms with E-state index in [0.29, 0.717) is 5.92 Å². The van der Waals surface area contributed by atoms with Gasteiger partial charge in [0.2, 0.25) is 0 Å². The highest BCUT2D eigenvalue weighted by molar-refractivity contribution is 7.91. The number of hydrogen-bond donors (Lipinski definition) is 2. The number of rotatable bonds is 2. The molecule has 2 atom stereocenters. The van der Waals surface area contributed by atoms with E-state index in [-0.39, 0.29) is 17.5 Å². The number of sulfone groups is 1. The molecule has 6 heteroatoms. The van der Waals surface area contributed by atoms with Crippen molar-refractivity contribution in [3.8, 4) is 0 Å². The van der Waals surface area contributed by atoms with Crippen molar-refractivity contribution in [1.29, 1.82) is 0 Å². The lowest BCUT2D eigenvalue weighted by molar-refractivity contribution is 0.0662. The zero-order chi connectivity index (χ0) is 16.0. The number of hydrogen-bond acceptors (Lipinski definition) is 4. The van der Waals surface area contributed by atoms with Crippen LogP contribution in [-0.4, -0.2) is 60.1 Å². The van der Waals surface area contributed by atoms with Crippen LogP contribution in [0, 0.1) is 0 Å². The van der Waals surface area contributed by atoms with Crippen LogP contribution in [0.3, 0.4) is 0 Å². The highest BCUT2D eigenvalue weighted by Gasteiger charge is 2.41. The maximum Gasteiger partial charge on any atom is 0.154 e. The van der Waals surface area contributed by atoms with Gasteiger partial charge in [-0.05, 0) is 43.5 Å². The number of likely N-dealkylation sites (tertiary alicyclic amines) is 1. The van der Waals surface area contributed by atoms with Crippen LogP contribution >= 0.6 is 0 Å². The third-order valence-corrected chi connectivity index (χ3v) is 6.98. The fraction of sp³-hybridized carbons (Fsp3) is 0.529. The molecule has 0 saturated carbocycles. The average Bonchev–Trinajstić information content (AvgIpc) is 3.07. The fourth-order valence-corrected chi connectivity index (χ4v) is 5.85. The summed E-state index contributed by atoms with van der Waals surface area (Å²) in [5.74, 6) is 0.499. The van der Waals surface area contributed by atoms with Gasteiger partial charge in [0.25, 0.3) is 0 Å². The molecule has 124 valence electrons. The van der Waals surface area contributed by atoms with Gasteiger partial charge >= 0.3 is 0 Å². The standard InChI is InChI=1S/C17H22N2O3S/c20-17-11-23(21,22)10-16(17)19-7-5-12(6-8-19)15-9-13-3-1-2-4-14(13)18-15/h1-4,9,12,16-18,20H,5-8,10-11H2/t16-,17-/m0/s1. The monoisotopic (exact) mass is 334 g/mol. The van der Waals surface area contributed by atoms with Gasteiger partial charge in [0.1, 0.15) is 0 Å². The Bertz CT molecular complexity index is 773. The first-order valence-electron chi connectivity index (χ1n) is 8.22. The van der Waals surface area contributed by atoms with Crippen LogP contribution in [-0.2, 0) is 9.84 Å². The van der Waals surface area contributed by atoms with Crippen molar-refractivity contribution in [1.82, 2.24) is 9.88 Å². The van der Waals surface area contributed by atoms with Gasteiger partial charge in [-0.15, -0.1) is 0 Å². The van der Waals surface area contributed by atoms with Crippen molar-refractivity contribution in [2.75, 3.05) is 24.6 Å². The fourth-order valence-electron chi connectivity index (χ4n) is 4.02. The van der Waals surface area contributed by atoms with Gasteiger partial charge in [-0.25, -0.2) is 8.42 Å². The number of aromatic amines is 1. The molecule has 0 aliphatic carbocycles. The number of para-hydroxylation sites is 1. The molecular weight excluding hydrogens is 312 g/mol. The van der Waals surface area contributed by atoms with E-state index in [1.807, 2.05) is 12.1 Å². The molecule has 0 radical (unpaired) electrons. The van der Waals surface area contributed by atoms with Crippen LogP contribution in [0.5, 0.6) is 0 Å². The number of H-pyrrole nitrogens is 1. The van der Waals surface area contributed by atoms with Crippen LogP contribution in [0.25, 0.3) is 10.9 Å². The van der Waals surface area contributed by atoms with Crippen LogP contribution in [0.1, 0.15) is 24.5 Å². The van der Waals surface area contributed by atoms with Crippen molar-refractivity contribution in [3.05, 3.63) is 36.0 Å². The van der Waals surface area contributed by atoms with Crippen molar-refractivity contribution < 1.29 is 13.5 Å². The first-order chi connectivity index (χ1) is 11.0. The van der Waals surface area contributed by atoms with Crippen molar-refractivity contribution >= 4 is 20.7 Å². The second kappa shape index (κ2) is 5.61. The lowest BCUT2D eigenvalue weighted by Gasteiger charge is -2.36. The van der Waals surface area contributed by atoms with Gasteiger partial charge < -0.3 is 10.1 Å². The molecule has 1 aromatic carbocycles. The summed E-state index contributed by atoms with van der Waals surface area (Å²) in [6.45, 7) is 1.69. The number of nitrogens with zero attached hydrogens (tertiary/aromatic N) is 1. The number of nitrogens with one attached hydrogen (secondary N) is 1. The molecular formula is C17H22N2O3S. The number of benzene rings is 1. The molecule has 4 rings (SSSR count). The van der Waals surface area contributed by atoms with Crippen molar-refractivity contribution in [3.63, 3.8) is 0 Å². The highest BCUT2D eigenvalue weighted by Crippen LogP contribution is 2.32. The molecule has 2 aliphatic rings. The molecule has 0 amide bonds. The Labute approximate surface area is 136 Å². The normalized spacial score (nSPS) is 29.3. The summed E-state index contributed by atoms with van der Waals surface area (Å²) < 4.78 is 23.4. The summed E-state index contributed by atoms with van der Waals surface area (Å²) in [5.41, 5.74) is 2.44. The summed E-state index contributed by atoms with van der Waals surface area (Å²) >= 11 is 0. The second-order valence-corrected chi connectivity index (χ2v) is 8.99. The molecule has 2 saturated heterocycles. The molecule has 2 N–H and O–H groups in total. The van der Waals surface area contributed by atoms with E-state index in [1.54, 1.807) is 0 Å². The Balaban J connectivity index is 1.45. The SMILES string of the molecule is O=S1(=O)C[C@H](O)[C@@H](N2CCC(c3cc4ccccc4[nH]3)CC2)C1. The predicted octanol–water partition coefficient (Wildman–Crippen LogP) is 1.51. The maximum absolute atomic E-state index is 11.7. The Morgan fingerprint density at radius 2 is 1.87 bits per heavy atom. The third kappa shape index (κ3) is 2.91.